The van der Waals surface area contributed by atoms with Crippen LogP contribution in [0.4, 0.5) is 0 Å². The summed E-state index contributed by atoms with van der Waals surface area (Å²) in [6.07, 6.45) is -11.8. The Hall–Kier alpha value is -4.33. The third kappa shape index (κ3) is 13.2. The average Bonchev–Trinajstić information content (AvgIpc) is 2.95. The van der Waals surface area contributed by atoms with Crippen LogP contribution in [0.2, 0.25) is 0 Å². The Morgan fingerprint density at radius 1 is 0.520 bits per heavy atom. The number of hydrogen-bond acceptors (Lipinski definition) is 19. The van der Waals surface area contributed by atoms with Gasteiger partial charge in [-0.1, -0.05) is 0 Å². The summed E-state index contributed by atoms with van der Waals surface area (Å²) < 4.78 is 54.0. The molecule has 0 unspecified atom stereocenters. The fourth-order valence-corrected chi connectivity index (χ4v) is 5.46. The zero-order valence-electron chi connectivity index (χ0n) is 28.4. The topological polar surface area (TPSA) is 253 Å². The van der Waals surface area contributed by atoms with Crippen LogP contribution in [0.3, 0.4) is 0 Å². The van der Waals surface area contributed by atoms with Crippen LogP contribution in [0.5, 0.6) is 0 Å². The van der Waals surface area contributed by atoms with E-state index in [1.165, 1.54) is 0 Å². The summed E-state index contributed by atoms with van der Waals surface area (Å²) in [6.45, 7) is 7.55. The molecule has 0 bridgehead atoms. The molecule has 20 nitrogen and oxygen atoms in total. The molecule has 0 aromatic heterocycles. The molecule has 0 aromatic rings. The van der Waals surface area contributed by atoms with Crippen LogP contribution in [0.15, 0.2) is 4.99 Å². The number of carbonyl (C=O) groups is 8. The summed E-state index contributed by atoms with van der Waals surface area (Å²) in [6, 6.07) is -2.92. The second-order valence-electron chi connectivity index (χ2n) is 10.8. The van der Waals surface area contributed by atoms with Crippen molar-refractivity contribution in [3.8, 4) is 0 Å². The van der Waals surface area contributed by atoms with Gasteiger partial charge in [-0.2, -0.15) is 0 Å². The van der Waals surface area contributed by atoms with Crippen molar-refractivity contribution in [1.82, 2.24) is 5.32 Å². The van der Waals surface area contributed by atoms with E-state index in [0.717, 1.165) is 55.4 Å². The van der Waals surface area contributed by atoms with E-state index in [1.807, 2.05) is 0 Å². The first kappa shape index (κ1) is 41.8. The number of hydrogen-bond donors (Lipinski definition) is 1. The van der Waals surface area contributed by atoms with Gasteiger partial charge in [0.2, 0.25) is 0 Å². The summed E-state index contributed by atoms with van der Waals surface area (Å²) in [7, 11) is 0. The van der Waals surface area contributed by atoms with Crippen molar-refractivity contribution in [2.75, 3.05) is 13.2 Å². The summed E-state index contributed by atoms with van der Waals surface area (Å²) >= 11 is 2.59. The van der Waals surface area contributed by atoms with Crippen molar-refractivity contribution in [3.05, 3.63) is 0 Å². The molecule has 0 amide bonds. The number of ether oxygens (including phenoxy) is 10. The number of nitrogens with one attached hydrogen (secondary N) is 1. The van der Waals surface area contributed by atoms with Crippen molar-refractivity contribution in [1.29, 1.82) is 0 Å². The first-order chi connectivity index (χ1) is 23.3. The van der Waals surface area contributed by atoms with E-state index in [-0.39, 0.29) is 4.73 Å². The van der Waals surface area contributed by atoms with Gasteiger partial charge in [-0.15, -0.1) is 0 Å². The molecule has 10 atom stereocenters. The van der Waals surface area contributed by atoms with Crippen molar-refractivity contribution in [3.63, 3.8) is 0 Å². The Labute approximate surface area is 294 Å². The molecule has 279 valence electrons. The second kappa shape index (κ2) is 19.2. The fraction of sp³-hybridized carbons (Fsp3) is 0.690. The molecule has 50 heavy (non-hydrogen) atoms. The number of nitrogens with zero attached hydrogens (tertiary/aromatic N) is 1. The number of amidine groups is 1. The number of carbonyl (C=O) groups excluding carboxylic acids is 8. The molecule has 0 spiro atoms. The Bertz CT molecular complexity index is 1340. The van der Waals surface area contributed by atoms with E-state index in [2.05, 4.69) is 26.3 Å². The van der Waals surface area contributed by atoms with Gasteiger partial charge >= 0.3 is 294 Å². The van der Waals surface area contributed by atoms with Crippen LogP contribution in [0.25, 0.3) is 0 Å². The minimum atomic E-state index is -1.65. The summed E-state index contributed by atoms with van der Waals surface area (Å²) in [5, 5.41) is 2.82. The molecule has 2 saturated heterocycles. The van der Waals surface area contributed by atoms with E-state index in [9.17, 15) is 38.4 Å². The normalized spacial score (nSPS) is 29.2. The van der Waals surface area contributed by atoms with Gasteiger partial charge in [0.25, 0.3) is 0 Å². The molecule has 0 saturated carbocycles. The summed E-state index contributed by atoms with van der Waals surface area (Å²) in [5.41, 5.74) is 0. The molecular formula is C29H39N2O18Se. The van der Waals surface area contributed by atoms with Crippen LogP contribution in [0.1, 0.15) is 55.4 Å². The number of aliphatic imine (C=N–C) groups is 1. The van der Waals surface area contributed by atoms with Crippen molar-refractivity contribution in [2.45, 2.75) is 117 Å². The van der Waals surface area contributed by atoms with Gasteiger partial charge in [-0.25, -0.2) is 0 Å². The maximum absolute atomic E-state index is 12.3. The standard InChI is InChI=1S/C29H39N2O18Se/c1-11(32)40-9-19-23(42-13(3)34)25(44-15(5)36)21(27(48-19)46-17(7)38)30-29(50)31-22-26(45-16(6)37)24(43-14(4)35)20(10-41-12(2)33)49-28(22)47-18(8)39/h19-28H,9-10H2,1-8H3,(H,30,31)/t19-,20-,21-,22-,23-,24-,25-,26-,27-,28-/m1/s1. The molecule has 0 aliphatic carbocycles. The molecule has 21 heteroatoms. The van der Waals surface area contributed by atoms with Crippen molar-refractivity contribution < 1.29 is 85.7 Å². The average molecular weight is 783 g/mol. The fourth-order valence-electron chi connectivity index (χ4n) is 4.92. The molecule has 1 radical (unpaired) electrons. The van der Waals surface area contributed by atoms with Crippen LogP contribution in [0, 0.1) is 0 Å². The third-order valence-electron chi connectivity index (χ3n) is 6.49. The van der Waals surface area contributed by atoms with Crippen molar-refractivity contribution in [2.24, 2.45) is 4.99 Å². The van der Waals surface area contributed by atoms with Crippen LogP contribution in [-0.4, -0.2) is 143 Å². The van der Waals surface area contributed by atoms with Gasteiger partial charge in [-0.3, -0.25) is 0 Å². The maximum atomic E-state index is 12.3. The van der Waals surface area contributed by atoms with Gasteiger partial charge in [0.05, 0.1) is 0 Å². The Kier molecular flexibility index (Phi) is 16.0. The Morgan fingerprint density at radius 2 is 0.880 bits per heavy atom. The molecule has 2 heterocycles. The van der Waals surface area contributed by atoms with E-state index < -0.39 is 122 Å². The summed E-state index contributed by atoms with van der Waals surface area (Å²) in [5.74, 6) is -6.57. The first-order valence-electron chi connectivity index (χ1n) is 14.9. The van der Waals surface area contributed by atoms with Gasteiger partial charge < -0.3 is 0 Å². The first-order valence-corrected chi connectivity index (χ1v) is 15.8. The Morgan fingerprint density at radius 3 is 1.30 bits per heavy atom. The quantitative estimate of drug-likeness (QED) is 0.0759. The minimum absolute atomic E-state index is 0.226. The van der Waals surface area contributed by atoms with E-state index in [4.69, 9.17) is 47.4 Å². The predicted octanol–water partition coefficient (Wildman–Crippen LogP) is -1.73. The van der Waals surface area contributed by atoms with Crippen LogP contribution < -0.4 is 5.32 Å². The van der Waals surface area contributed by atoms with Crippen molar-refractivity contribution >= 4 is 68.5 Å². The zero-order chi connectivity index (χ0) is 37.9. The number of esters is 8. The van der Waals surface area contributed by atoms with E-state index in [1.54, 1.807) is 0 Å². The molecule has 2 aliphatic heterocycles. The molecule has 1 N–H and O–H groups in total. The molecular weight excluding hydrogens is 743 g/mol. The monoisotopic (exact) mass is 783 g/mol. The van der Waals surface area contributed by atoms with E-state index in [0.29, 0.717) is 0 Å². The SMILES string of the molecule is CC(=O)OC[C@H]1O[C@@H](OC(C)=O)[C@H](N=C([Se])N[C@H]2[C@H](OC(C)=O)O[C@H](COC(C)=O)[C@@H](OC(C)=O)[C@@H]2OC(C)=O)[C@@H](OC(C)=O)[C@@H]1OC(C)=O. The molecule has 2 aliphatic rings. The second-order valence-corrected chi connectivity index (χ2v) is 11.6. The van der Waals surface area contributed by atoms with Gasteiger partial charge in [0, 0.05) is 0 Å². The van der Waals surface area contributed by atoms with E-state index >= 15 is 0 Å². The molecule has 2 fully saturated rings. The van der Waals surface area contributed by atoms with Crippen LogP contribution in [-0.2, 0) is 85.7 Å². The Balaban J connectivity index is 2.68. The molecule has 0 aromatic carbocycles. The zero-order valence-corrected chi connectivity index (χ0v) is 30.1. The summed E-state index contributed by atoms with van der Waals surface area (Å²) in [4.78, 5) is 101. The van der Waals surface area contributed by atoms with Gasteiger partial charge in [0.15, 0.2) is 0 Å². The molecule has 2 rings (SSSR count). The van der Waals surface area contributed by atoms with Gasteiger partial charge in [-0.05, 0) is 0 Å². The van der Waals surface area contributed by atoms with Gasteiger partial charge in [0.1, 0.15) is 0 Å². The predicted molar refractivity (Wildman–Crippen MR) is 160 cm³/mol. The van der Waals surface area contributed by atoms with Crippen LogP contribution >= 0.6 is 0 Å². The third-order valence-corrected chi connectivity index (χ3v) is 6.96. The number of rotatable bonds is 12.